The van der Waals surface area contributed by atoms with Crippen molar-refractivity contribution in [1.82, 2.24) is 9.97 Å². The zero-order chi connectivity index (χ0) is 11.7. The lowest BCUT2D eigenvalue weighted by Gasteiger charge is -2.38. The van der Waals surface area contributed by atoms with Gasteiger partial charge in [0.1, 0.15) is 5.82 Å². The van der Waals surface area contributed by atoms with Crippen molar-refractivity contribution in [3.63, 3.8) is 0 Å². The number of hydrogen-bond acceptors (Lipinski definition) is 2. The lowest BCUT2D eigenvalue weighted by Crippen LogP contribution is -2.39. The number of aromatic amines is 1. The maximum atomic E-state index is 9.51. The molecule has 3 nitrogen and oxygen atoms in total. The second kappa shape index (κ2) is 4.00. The molecule has 88 valence electrons. The number of aromatic nitrogens is 2. The molecule has 0 saturated heterocycles. The lowest BCUT2D eigenvalue weighted by molar-refractivity contribution is 0.113. The minimum absolute atomic E-state index is 0.104. The molecule has 3 heteroatoms. The predicted molar refractivity (Wildman–Crippen MR) is 66.6 cm³/mol. The van der Waals surface area contributed by atoms with Crippen LogP contribution in [0.15, 0.2) is 36.5 Å². The molecule has 0 unspecified atom stereocenters. The van der Waals surface area contributed by atoms with Gasteiger partial charge in [-0.2, -0.15) is 0 Å². The molecule has 1 fully saturated rings. The molecule has 3 rings (SSSR count). The Kier molecular flexibility index (Phi) is 2.48. The third-order valence-electron chi connectivity index (χ3n) is 3.78. The monoisotopic (exact) mass is 228 g/mol. The van der Waals surface area contributed by atoms with Gasteiger partial charge in [0.25, 0.3) is 0 Å². The Labute approximate surface area is 101 Å². The second-order valence-electron chi connectivity index (χ2n) is 4.80. The van der Waals surface area contributed by atoms with Crippen molar-refractivity contribution < 1.29 is 5.11 Å². The van der Waals surface area contributed by atoms with Gasteiger partial charge in [-0.15, -0.1) is 0 Å². The summed E-state index contributed by atoms with van der Waals surface area (Å²) in [5.41, 5.74) is 2.06. The van der Waals surface area contributed by atoms with Crippen LogP contribution in [0.2, 0.25) is 0 Å². The van der Waals surface area contributed by atoms with Gasteiger partial charge in [-0.1, -0.05) is 36.8 Å². The fourth-order valence-corrected chi connectivity index (χ4v) is 2.43. The molecule has 2 N–H and O–H groups in total. The van der Waals surface area contributed by atoms with E-state index in [1.807, 2.05) is 24.4 Å². The molecule has 0 aliphatic heterocycles. The van der Waals surface area contributed by atoms with Crippen LogP contribution in [-0.4, -0.2) is 21.7 Å². The Bertz CT molecular complexity index is 494. The first-order valence-electron chi connectivity index (χ1n) is 6.06. The van der Waals surface area contributed by atoms with Crippen molar-refractivity contribution in [2.75, 3.05) is 6.61 Å². The van der Waals surface area contributed by atoms with E-state index >= 15 is 0 Å². The van der Waals surface area contributed by atoms with Crippen molar-refractivity contribution in [1.29, 1.82) is 0 Å². The van der Waals surface area contributed by atoms with Gasteiger partial charge in [0, 0.05) is 0 Å². The standard InChI is InChI=1S/C14H16N2O/c17-10-14(7-4-8-14)13-15-9-12(16-13)11-5-2-1-3-6-11/h1-3,5-6,9,17H,4,7-8,10H2,(H,15,16). The van der Waals surface area contributed by atoms with Crippen molar-refractivity contribution in [3.05, 3.63) is 42.4 Å². The molecule has 0 radical (unpaired) electrons. The van der Waals surface area contributed by atoms with Crippen molar-refractivity contribution in [3.8, 4) is 11.3 Å². The maximum absolute atomic E-state index is 9.51. The summed E-state index contributed by atoms with van der Waals surface area (Å²) < 4.78 is 0. The first-order chi connectivity index (χ1) is 8.34. The number of nitrogens with zero attached hydrogens (tertiary/aromatic N) is 1. The number of rotatable bonds is 3. The van der Waals surface area contributed by atoms with E-state index < -0.39 is 0 Å². The minimum Gasteiger partial charge on any atom is -0.395 e. The fourth-order valence-electron chi connectivity index (χ4n) is 2.43. The molecule has 1 aliphatic rings. The molecule has 1 saturated carbocycles. The molecular formula is C14H16N2O. The van der Waals surface area contributed by atoms with E-state index in [0.717, 1.165) is 29.9 Å². The number of nitrogens with one attached hydrogen (secondary N) is 1. The lowest BCUT2D eigenvalue weighted by atomic mass is 9.69. The molecule has 1 heterocycles. The SMILES string of the molecule is OCC1(c2ncc(-c3ccccc3)[nH]2)CCC1. The van der Waals surface area contributed by atoms with Gasteiger partial charge < -0.3 is 10.1 Å². The maximum Gasteiger partial charge on any atom is 0.115 e. The summed E-state index contributed by atoms with van der Waals surface area (Å²) in [5, 5.41) is 9.51. The van der Waals surface area contributed by atoms with Gasteiger partial charge in [0.05, 0.1) is 23.9 Å². The van der Waals surface area contributed by atoms with E-state index in [0.29, 0.717) is 0 Å². The largest absolute Gasteiger partial charge is 0.395 e. The topological polar surface area (TPSA) is 48.9 Å². The van der Waals surface area contributed by atoms with Gasteiger partial charge in [-0.05, 0) is 18.4 Å². The van der Waals surface area contributed by atoms with Crippen LogP contribution in [-0.2, 0) is 5.41 Å². The van der Waals surface area contributed by atoms with Crippen LogP contribution in [0.25, 0.3) is 11.3 Å². The minimum atomic E-state index is -0.104. The molecule has 17 heavy (non-hydrogen) atoms. The molecule has 1 aliphatic carbocycles. The Hall–Kier alpha value is -1.61. The normalized spacial score (nSPS) is 17.7. The van der Waals surface area contributed by atoms with Crippen molar-refractivity contribution in [2.45, 2.75) is 24.7 Å². The number of benzene rings is 1. The highest BCUT2D eigenvalue weighted by Crippen LogP contribution is 2.42. The number of hydrogen-bond donors (Lipinski definition) is 2. The van der Waals surface area contributed by atoms with E-state index in [4.69, 9.17) is 0 Å². The van der Waals surface area contributed by atoms with Gasteiger partial charge in [0.15, 0.2) is 0 Å². The molecule has 1 aromatic carbocycles. The molecule has 0 amide bonds. The average Bonchev–Trinajstić information content (AvgIpc) is 2.80. The highest BCUT2D eigenvalue weighted by molar-refractivity contribution is 5.58. The van der Waals surface area contributed by atoms with Crippen LogP contribution in [0.3, 0.4) is 0 Å². The Morgan fingerprint density at radius 1 is 1.24 bits per heavy atom. The highest BCUT2D eigenvalue weighted by atomic mass is 16.3. The van der Waals surface area contributed by atoms with E-state index in [1.165, 1.54) is 6.42 Å². The van der Waals surface area contributed by atoms with Crippen LogP contribution in [0.5, 0.6) is 0 Å². The first-order valence-corrected chi connectivity index (χ1v) is 6.06. The fraction of sp³-hybridized carbons (Fsp3) is 0.357. The summed E-state index contributed by atoms with van der Waals surface area (Å²) in [6, 6.07) is 10.2. The highest BCUT2D eigenvalue weighted by Gasteiger charge is 2.40. The van der Waals surface area contributed by atoms with Crippen LogP contribution >= 0.6 is 0 Å². The van der Waals surface area contributed by atoms with Crippen molar-refractivity contribution >= 4 is 0 Å². The van der Waals surface area contributed by atoms with Gasteiger partial charge in [-0.25, -0.2) is 4.98 Å². The summed E-state index contributed by atoms with van der Waals surface area (Å²) in [6.45, 7) is 0.189. The number of aliphatic hydroxyl groups is 1. The first kappa shape index (κ1) is 10.5. The van der Waals surface area contributed by atoms with Gasteiger partial charge >= 0.3 is 0 Å². The molecule has 1 aromatic heterocycles. The summed E-state index contributed by atoms with van der Waals surface area (Å²) in [5.74, 6) is 0.935. The zero-order valence-corrected chi connectivity index (χ0v) is 9.69. The summed E-state index contributed by atoms with van der Waals surface area (Å²) in [6.07, 6.45) is 5.11. The summed E-state index contributed by atoms with van der Waals surface area (Å²) in [7, 11) is 0. The zero-order valence-electron chi connectivity index (χ0n) is 9.69. The van der Waals surface area contributed by atoms with E-state index in [1.54, 1.807) is 0 Å². The Morgan fingerprint density at radius 3 is 2.59 bits per heavy atom. The van der Waals surface area contributed by atoms with E-state index in [-0.39, 0.29) is 12.0 Å². The number of H-pyrrole nitrogens is 1. The third kappa shape index (κ3) is 1.67. The third-order valence-corrected chi connectivity index (χ3v) is 3.78. The Balaban J connectivity index is 1.93. The van der Waals surface area contributed by atoms with Crippen LogP contribution in [0.4, 0.5) is 0 Å². The average molecular weight is 228 g/mol. The Morgan fingerprint density at radius 2 is 2.00 bits per heavy atom. The quantitative estimate of drug-likeness (QED) is 0.848. The number of imidazole rings is 1. The molecular weight excluding hydrogens is 212 g/mol. The van der Waals surface area contributed by atoms with Crippen LogP contribution in [0, 0.1) is 0 Å². The number of aliphatic hydroxyl groups excluding tert-OH is 1. The van der Waals surface area contributed by atoms with Crippen LogP contribution < -0.4 is 0 Å². The molecule has 0 spiro atoms. The predicted octanol–water partition coefficient (Wildman–Crippen LogP) is 2.49. The summed E-state index contributed by atoms with van der Waals surface area (Å²) in [4.78, 5) is 7.79. The molecule has 2 aromatic rings. The van der Waals surface area contributed by atoms with Crippen molar-refractivity contribution in [2.24, 2.45) is 0 Å². The smallest absolute Gasteiger partial charge is 0.115 e. The van der Waals surface area contributed by atoms with E-state index in [9.17, 15) is 5.11 Å². The second-order valence-corrected chi connectivity index (χ2v) is 4.80. The van der Waals surface area contributed by atoms with Gasteiger partial charge in [0.2, 0.25) is 0 Å². The van der Waals surface area contributed by atoms with E-state index in [2.05, 4.69) is 22.1 Å². The summed E-state index contributed by atoms with van der Waals surface area (Å²) >= 11 is 0. The molecule has 0 bridgehead atoms. The molecule has 0 atom stereocenters. The van der Waals surface area contributed by atoms with Crippen LogP contribution in [0.1, 0.15) is 25.1 Å². The van der Waals surface area contributed by atoms with Gasteiger partial charge in [-0.3, -0.25) is 0 Å².